The van der Waals surface area contributed by atoms with E-state index < -0.39 is 10.0 Å². The first kappa shape index (κ1) is 20.9. The normalized spacial score (nSPS) is 25.7. The summed E-state index contributed by atoms with van der Waals surface area (Å²) in [5.74, 6) is -0.322. The van der Waals surface area contributed by atoms with Crippen LogP contribution in [0.3, 0.4) is 0 Å². The summed E-state index contributed by atoms with van der Waals surface area (Å²) in [6.07, 6.45) is 8.95. The summed E-state index contributed by atoms with van der Waals surface area (Å²) in [6.45, 7) is 4.27. The number of anilines is 1. The van der Waals surface area contributed by atoms with Gasteiger partial charge in [-0.2, -0.15) is 4.31 Å². The fraction of sp³-hybridized carbons (Fsp3) is 0.636. The van der Waals surface area contributed by atoms with E-state index in [1.54, 1.807) is 29.1 Å². The second-order valence-corrected chi connectivity index (χ2v) is 11.7. The van der Waals surface area contributed by atoms with Crippen molar-refractivity contribution in [3.63, 3.8) is 0 Å². The number of piperidine rings is 1. The van der Waals surface area contributed by atoms with Crippen LogP contribution < -0.4 is 4.90 Å². The van der Waals surface area contributed by atoms with E-state index in [1.807, 2.05) is 17.6 Å². The molecular formula is C22H30FN5O2S. The van der Waals surface area contributed by atoms with E-state index in [0.29, 0.717) is 24.6 Å². The van der Waals surface area contributed by atoms with Crippen molar-refractivity contribution in [1.29, 1.82) is 0 Å². The summed E-state index contributed by atoms with van der Waals surface area (Å²) in [5, 5.41) is 7.42. The zero-order valence-electron chi connectivity index (χ0n) is 18.0. The van der Waals surface area contributed by atoms with E-state index in [1.165, 1.54) is 0 Å². The van der Waals surface area contributed by atoms with Gasteiger partial charge in [-0.3, -0.25) is 0 Å². The number of halogens is 1. The molecule has 2 aromatic rings. The Morgan fingerprint density at radius 2 is 1.87 bits per heavy atom. The zero-order chi connectivity index (χ0) is 21.6. The van der Waals surface area contributed by atoms with Crippen molar-refractivity contribution in [1.82, 2.24) is 19.1 Å². The van der Waals surface area contributed by atoms with Gasteiger partial charge in [0.2, 0.25) is 10.0 Å². The van der Waals surface area contributed by atoms with Crippen LogP contribution in [0.25, 0.3) is 0 Å². The molecule has 31 heavy (non-hydrogen) atoms. The number of hydrogen-bond acceptors (Lipinski definition) is 5. The maximum Gasteiger partial charge on any atom is 0.217 e. The average molecular weight is 448 g/mol. The molecule has 2 saturated heterocycles. The first-order valence-corrected chi connectivity index (χ1v) is 12.8. The Kier molecular flexibility index (Phi) is 5.29. The number of benzene rings is 1. The molecule has 1 aliphatic carbocycles. The summed E-state index contributed by atoms with van der Waals surface area (Å²) in [5.41, 5.74) is 1.45. The fourth-order valence-electron chi connectivity index (χ4n) is 5.24. The van der Waals surface area contributed by atoms with Gasteiger partial charge in [-0.25, -0.2) is 12.8 Å². The SMILES string of the molecule is CCC1CC2(CC2)CN(Cc2ccc(N3CCC(n4cnnc4)CC3)cc2F)S1(=O)=O. The van der Waals surface area contributed by atoms with Crippen LogP contribution in [0.1, 0.15) is 57.1 Å². The maximum atomic E-state index is 15.0. The van der Waals surface area contributed by atoms with Crippen LogP contribution in [-0.4, -0.2) is 52.4 Å². The van der Waals surface area contributed by atoms with E-state index in [2.05, 4.69) is 15.1 Å². The second-order valence-electron chi connectivity index (χ2n) is 9.45. The minimum Gasteiger partial charge on any atom is -0.371 e. The smallest absolute Gasteiger partial charge is 0.217 e. The Morgan fingerprint density at radius 3 is 2.48 bits per heavy atom. The molecule has 3 aliphatic rings. The van der Waals surface area contributed by atoms with Crippen molar-refractivity contribution in [2.75, 3.05) is 24.5 Å². The molecule has 0 radical (unpaired) electrons. The number of hydrogen-bond donors (Lipinski definition) is 0. The van der Waals surface area contributed by atoms with Crippen molar-refractivity contribution in [2.24, 2.45) is 5.41 Å². The predicted molar refractivity (Wildman–Crippen MR) is 117 cm³/mol. The van der Waals surface area contributed by atoms with Gasteiger partial charge in [0.25, 0.3) is 0 Å². The fourth-order valence-corrected chi connectivity index (χ4v) is 7.42. The van der Waals surface area contributed by atoms with Crippen LogP contribution in [-0.2, 0) is 16.6 Å². The molecule has 1 unspecified atom stereocenters. The third-order valence-corrected chi connectivity index (χ3v) is 9.76. The highest BCUT2D eigenvalue weighted by atomic mass is 32.2. The third-order valence-electron chi connectivity index (χ3n) is 7.44. The van der Waals surface area contributed by atoms with Gasteiger partial charge in [-0.15, -0.1) is 10.2 Å². The summed E-state index contributed by atoms with van der Waals surface area (Å²) in [4.78, 5) is 2.19. The van der Waals surface area contributed by atoms with Crippen LogP contribution in [0.15, 0.2) is 30.9 Å². The Hall–Kier alpha value is -2.00. The van der Waals surface area contributed by atoms with Crippen LogP contribution in [0.4, 0.5) is 10.1 Å². The molecule has 1 aromatic heterocycles. The molecule has 1 saturated carbocycles. The third kappa shape index (κ3) is 3.98. The first-order chi connectivity index (χ1) is 14.9. The van der Waals surface area contributed by atoms with Crippen molar-refractivity contribution in [3.05, 3.63) is 42.2 Å². The van der Waals surface area contributed by atoms with E-state index >= 15 is 4.39 Å². The lowest BCUT2D eigenvalue weighted by atomic mass is 9.98. The average Bonchev–Trinajstić information content (AvgIpc) is 3.28. The monoisotopic (exact) mass is 447 g/mol. The Bertz CT molecular complexity index is 1030. The van der Waals surface area contributed by atoms with Crippen molar-refractivity contribution in [3.8, 4) is 0 Å². The lowest BCUT2D eigenvalue weighted by Crippen LogP contribution is -2.47. The quantitative estimate of drug-likeness (QED) is 0.703. The number of rotatable bonds is 5. The van der Waals surface area contributed by atoms with Gasteiger partial charge >= 0.3 is 0 Å². The molecule has 168 valence electrons. The van der Waals surface area contributed by atoms with E-state index in [0.717, 1.165) is 50.9 Å². The highest BCUT2D eigenvalue weighted by molar-refractivity contribution is 7.89. The Labute approximate surface area is 183 Å². The molecule has 2 aliphatic heterocycles. The van der Waals surface area contributed by atoms with Crippen molar-refractivity contribution >= 4 is 15.7 Å². The number of sulfonamides is 1. The van der Waals surface area contributed by atoms with Gasteiger partial charge in [0, 0.05) is 43.5 Å². The molecule has 1 atom stereocenters. The van der Waals surface area contributed by atoms with Gasteiger partial charge in [0.15, 0.2) is 0 Å². The first-order valence-electron chi connectivity index (χ1n) is 11.3. The highest BCUT2D eigenvalue weighted by Gasteiger charge is 2.53. The molecular weight excluding hydrogens is 417 g/mol. The molecule has 5 rings (SSSR count). The molecule has 1 aromatic carbocycles. The maximum absolute atomic E-state index is 15.0. The second kappa shape index (κ2) is 7.85. The summed E-state index contributed by atoms with van der Waals surface area (Å²) in [6, 6.07) is 5.63. The number of nitrogens with zero attached hydrogens (tertiary/aromatic N) is 5. The summed E-state index contributed by atoms with van der Waals surface area (Å²) in [7, 11) is -3.37. The molecule has 1 spiro atoms. The van der Waals surface area contributed by atoms with Crippen molar-refractivity contribution < 1.29 is 12.8 Å². The molecule has 3 heterocycles. The largest absolute Gasteiger partial charge is 0.371 e. The molecule has 0 amide bonds. The molecule has 7 nitrogen and oxygen atoms in total. The molecule has 0 bridgehead atoms. The lowest BCUT2D eigenvalue weighted by Gasteiger charge is -2.37. The molecule has 0 N–H and O–H groups in total. The van der Waals surface area contributed by atoms with E-state index in [-0.39, 0.29) is 23.0 Å². The highest BCUT2D eigenvalue weighted by Crippen LogP contribution is 2.54. The van der Waals surface area contributed by atoms with Gasteiger partial charge in [-0.1, -0.05) is 13.0 Å². The Morgan fingerprint density at radius 1 is 1.16 bits per heavy atom. The van der Waals surface area contributed by atoms with Crippen molar-refractivity contribution in [2.45, 2.75) is 63.3 Å². The van der Waals surface area contributed by atoms with Gasteiger partial charge in [-0.05, 0) is 56.1 Å². The standard InChI is InChI=1S/C22H30FN5O2S/c1-2-20-12-22(7-8-22)14-28(31(20,29)30)13-17-3-4-19(11-21(17)23)26-9-5-18(6-10-26)27-15-24-25-16-27/h3-4,11,15-16,18,20H,2,5-10,12-14H2,1H3. The van der Waals surface area contributed by atoms with Gasteiger partial charge in [0.05, 0.1) is 5.25 Å². The van der Waals surface area contributed by atoms with E-state index in [4.69, 9.17) is 0 Å². The van der Waals surface area contributed by atoms with Crippen LogP contribution >= 0.6 is 0 Å². The van der Waals surface area contributed by atoms with Gasteiger partial charge < -0.3 is 9.47 Å². The Balaban J connectivity index is 1.28. The summed E-state index contributed by atoms with van der Waals surface area (Å²) >= 11 is 0. The van der Waals surface area contributed by atoms with Crippen LogP contribution in [0.5, 0.6) is 0 Å². The lowest BCUT2D eigenvalue weighted by molar-refractivity contribution is 0.265. The van der Waals surface area contributed by atoms with Crippen LogP contribution in [0.2, 0.25) is 0 Å². The predicted octanol–water partition coefficient (Wildman–Crippen LogP) is 3.35. The van der Waals surface area contributed by atoms with E-state index in [9.17, 15) is 8.42 Å². The van der Waals surface area contributed by atoms with Crippen LogP contribution in [0, 0.1) is 11.2 Å². The zero-order valence-corrected chi connectivity index (χ0v) is 18.8. The van der Waals surface area contributed by atoms with Gasteiger partial charge in [0.1, 0.15) is 18.5 Å². The summed E-state index contributed by atoms with van der Waals surface area (Å²) < 4.78 is 44.6. The molecule has 9 heteroatoms. The minimum atomic E-state index is -3.37. The minimum absolute atomic E-state index is 0.127. The topological polar surface area (TPSA) is 71.3 Å². The number of aromatic nitrogens is 3. The molecule has 3 fully saturated rings.